The van der Waals surface area contributed by atoms with Gasteiger partial charge in [0.25, 0.3) is 0 Å². The first-order chi connectivity index (χ1) is 7.39. The van der Waals surface area contributed by atoms with Gasteiger partial charge in [-0.2, -0.15) is 0 Å². The Morgan fingerprint density at radius 2 is 2.00 bits per heavy atom. The number of hydrogen-bond donors (Lipinski definition) is 1. The molecule has 0 radical (unpaired) electrons. The van der Waals surface area contributed by atoms with Gasteiger partial charge in [0.2, 0.25) is 0 Å². The molecule has 1 heterocycles. The van der Waals surface area contributed by atoms with Gasteiger partial charge in [-0.15, -0.1) is 0 Å². The smallest absolute Gasteiger partial charge is 0.128 e. The van der Waals surface area contributed by atoms with E-state index in [9.17, 15) is 0 Å². The molecule has 0 saturated heterocycles. The summed E-state index contributed by atoms with van der Waals surface area (Å²) in [5.74, 6) is 1.02. The minimum atomic E-state index is 0.0993. The summed E-state index contributed by atoms with van der Waals surface area (Å²) in [7, 11) is 0. The molecule has 2 rings (SSSR count). The van der Waals surface area contributed by atoms with Crippen LogP contribution in [0.2, 0.25) is 0 Å². The number of hydrogen-bond acceptors (Lipinski definition) is 2. The number of para-hydroxylation sites is 1. The third kappa shape index (κ3) is 1.94. The SMILES string of the molecule is CC1CC(N)c2cccc(C(C)(C)C)c2O1. The molecule has 0 saturated carbocycles. The molecule has 0 amide bonds. The van der Waals surface area contributed by atoms with E-state index in [0.29, 0.717) is 0 Å². The minimum absolute atomic E-state index is 0.0993. The molecule has 2 nitrogen and oxygen atoms in total. The molecule has 2 N–H and O–H groups in total. The van der Waals surface area contributed by atoms with Crippen LogP contribution in [-0.2, 0) is 5.41 Å². The largest absolute Gasteiger partial charge is 0.490 e. The Morgan fingerprint density at radius 1 is 1.31 bits per heavy atom. The first-order valence-corrected chi connectivity index (χ1v) is 5.95. The third-order valence-corrected chi connectivity index (χ3v) is 3.16. The average Bonchev–Trinajstić information content (AvgIpc) is 2.15. The highest BCUT2D eigenvalue weighted by Gasteiger charge is 2.28. The van der Waals surface area contributed by atoms with E-state index >= 15 is 0 Å². The van der Waals surface area contributed by atoms with Gasteiger partial charge >= 0.3 is 0 Å². The van der Waals surface area contributed by atoms with Gasteiger partial charge in [0.15, 0.2) is 0 Å². The Labute approximate surface area is 97.8 Å². The molecule has 0 bridgehead atoms. The second-order valence-corrected chi connectivity index (χ2v) is 5.74. The summed E-state index contributed by atoms with van der Waals surface area (Å²) in [4.78, 5) is 0. The van der Waals surface area contributed by atoms with Crippen LogP contribution in [-0.4, -0.2) is 6.10 Å². The molecule has 2 heteroatoms. The highest BCUT2D eigenvalue weighted by molar-refractivity contribution is 5.47. The summed E-state index contributed by atoms with van der Waals surface area (Å²) in [5, 5.41) is 0. The fraction of sp³-hybridized carbons (Fsp3) is 0.571. The van der Waals surface area contributed by atoms with E-state index < -0.39 is 0 Å². The fourth-order valence-corrected chi connectivity index (χ4v) is 2.30. The standard InChI is InChI=1S/C14H21NO/c1-9-8-12(15)10-6-5-7-11(13(10)16-9)14(2,3)4/h5-7,9,12H,8,15H2,1-4H3. The molecule has 1 aliphatic rings. The number of nitrogens with two attached hydrogens (primary N) is 1. The number of ether oxygens (including phenoxy) is 1. The van der Waals surface area contributed by atoms with Crippen LogP contribution in [0.3, 0.4) is 0 Å². The Hall–Kier alpha value is -1.02. The van der Waals surface area contributed by atoms with Crippen LogP contribution in [0.25, 0.3) is 0 Å². The van der Waals surface area contributed by atoms with Crippen molar-refractivity contribution in [2.45, 2.75) is 51.7 Å². The van der Waals surface area contributed by atoms with E-state index in [2.05, 4.69) is 45.9 Å². The highest BCUT2D eigenvalue weighted by atomic mass is 16.5. The van der Waals surface area contributed by atoms with Gasteiger partial charge in [0, 0.05) is 18.0 Å². The minimum Gasteiger partial charge on any atom is -0.490 e. The Bertz CT molecular complexity index is 392. The number of rotatable bonds is 0. The monoisotopic (exact) mass is 219 g/mol. The van der Waals surface area contributed by atoms with E-state index in [1.54, 1.807) is 0 Å². The van der Waals surface area contributed by atoms with Crippen LogP contribution in [0.4, 0.5) is 0 Å². The van der Waals surface area contributed by atoms with E-state index in [4.69, 9.17) is 10.5 Å². The quantitative estimate of drug-likeness (QED) is 0.727. The molecule has 16 heavy (non-hydrogen) atoms. The van der Waals surface area contributed by atoms with Crippen LogP contribution in [0.15, 0.2) is 18.2 Å². The summed E-state index contributed by atoms with van der Waals surface area (Å²) in [6, 6.07) is 6.42. The van der Waals surface area contributed by atoms with Gasteiger partial charge in [-0.25, -0.2) is 0 Å². The van der Waals surface area contributed by atoms with Gasteiger partial charge in [-0.1, -0.05) is 39.0 Å². The third-order valence-electron chi connectivity index (χ3n) is 3.16. The maximum absolute atomic E-state index is 6.17. The number of fused-ring (bicyclic) bond motifs is 1. The lowest BCUT2D eigenvalue weighted by Crippen LogP contribution is -2.29. The van der Waals surface area contributed by atoms with Crippen molar-refractivity contribution in [1.82, 2.24) is 0 Å². The van der Waals surface area contributed by atoms with Crippen LogP contribution in [0, 0.1) is 0 Å². The Balaban J connectivity index is 2.54. The second-order valence-electron chi connectivity index (χ2n) is 5.74. The Kier molecular flexibility index (Phi) is 2.70. The molecular formula is C14H21NO. The maximum atomic E-state index is 6.17. The zero-order valence-corrected chi connectivity index (χ0v) is 10.6. The first kappa shape index (κ1) is 11.5. The predicted molar refractivity (Wildman–Crippen MR) is 66.8 cm³/mol. The molecule has 0 aromatic heterocycles. The van der Waals surface area contributed by atoms with E-state index in [1.807, 2.05) is 0 Å². The molecule has 1 aromatic carbocycles. The molecule has 2 atom stereocenters. The molecule has 1 aromatic rings. The van der Waals surface area contributed by atoms with Gasteiger partial charge in [0.1, 0.15) is 5.75 Å². The first-order valence-electron chi connectivity index (χ1n) is 5.95. The van der Waals surface area contributed by atoms with Crippen molar-refractivity contribution in [3.8, 4) is 5.75 Å². The molecule has 0 spiro atoms. The molecule has 0 aliphatic carbocycles. The number of benzene rings is 1. The lowest BCUT2D eigenvalue weighted by atomic mass is 9.83. The van der Waals surface area contributed by atoms with Gasteiger partial charge < -0.3 is 10.5 Å². The van der Waals surface area contributed by atoms with Crippen molar-refractivity contribution in [2.75, 3.05) is 0 Å². The lowest BCUT2D eigenvalue weighted by Gasteiger charge is -2.33. The fourth-order valence-electron chi connectivity index (χ4n) is 2.30. The van der Waals surface area contributed by atoms with Crippen LogP contribution in [0.5, 0.6) is 5.75 Å². The zero-order chi connectivity index (χ0) is 11.9. The lowest BCUT2D eigenvalue weighted by molar-refractivity contribution is 0.173. The normalized spacial score (nSPS) is 24.8. The van der Waals surface area contributed by atoms with Crippen molar-refractivity contribution in [1.29, 1.82) is 0 Å². The van der Waals surface area contributed by atoms with E-state index in [-0.39, 0.29) is 17.6 Å². The molecule has 0 fully saturated rings. The van der Waals surface area contributed by atoms with Crippen molar-refractivity contribution in [3.63, 3.8) is 0 Å². The summed E-state index contributed by atoms with van der Waals surface area (Å²) < 4.78 is 5.98. The topological polar surface area (TPSA) is 35.2 Å². The van der Waals surface area contributed by atoms with Crippen molar-refractivity contribution in [3.05, 3.63) is 29.3 Å². The van der Waals surface area contributed by atoms with Gasteiger partial charge in [-0.3, -0.25) is 0 Å². The van der Waals surface area contributed by atoms with Crippen molar-refractivity contribution >= 4 is 0 Å². The Morgan fingerprint density at radius 3 is 2.62 bits per heavy atom. The van der Waals surface area contributed by atoms with Gasteiger partial charge in [-0.05, 0) is 17.9 Å². The van der Waals surface area contributed by atoms with E-state index in [1.165, 1.54) is 5.56 Å². The molecule has 88 valence electrons. The summed E-state index contributed by atoms with van der Waals surface area (Å²) >= 11 is 0. The van der Waals surface area contributed by atoms with Crippen LogP contribution < -0.4 is 10.5 Å². The molecule has 1 aliphatic heterocycles. The predicted octanol–water partition coefficient (Wildman–Crippen LogP) is 3.15. The van der Waals surface area contributed by atoms with Crippen molar-refractivity contribution < 1.29 is 4.74 Å². The zero-order valence-electron chi connectivity index (χ0n) is 10.6. The summed E-state index contributed by atoms with van der Waals surface area (Å²) in [5.41, 5.74) is 8.68. The second kappa shape index (κ2) is 3.77. The van der Waals surface area contributed by atoms with Gasteiger partial charge in [0.05, 0.1) is 6.10 Å². The van der Waals surface area contributed by atoms with Crippen LogP contribution in [0.1, 0.15) is 51.3 Å². The van der Waals surface area contributed by atoms with Crippen LogP contribution >= 0.6 is 0 Å². The average molecular weight is 219 g/mol. The molecular weight excluding hydrogens is 198 g/mol. The molecule has 2 unspecified atom stereocenters. The highest BCUT2D eigenvalue weighted by Crippen LogP contribution is 2.40. The van der Waals surface area contributed by atoms with E-state index in [0.717, 1.165) is 17.7 Å². The summed E-state index contributed by atoms with van der Waals surface area (Å²) in [6.45, 7) is 8.70. The maximum Gasteiger partial charge on any atom is 0.128 e. The summed E-state index contributed by atoms with van der Waals surface area (Å²) in [6.07, 6.45) is 1.12. The van der Waals surface area contributed by atoms with Crippen molar-refractivity contribution in [2.24, 2.45) is 5.73 Å².